The Labute approximate surface area is 70.7 Å². The monoisotopic (exact) mass is 152 g/mol. The van der Waals surface area contributed by atoms with Crippen molar-refractivity contribution in [2.45, 2.75) is 52.9 Å². The first kappa shape index (κ1) is 8.83. The second kappa shape index (κ2) is 3.42. The van der Waals surface area contributed by atoms with Gasteiger partial charge in [0, 0.05) is 0 Å². The molecule has 1 fully saturated rings. The highest BCUT2D eigenvalue weighted by atomic mass is 14.3. The first-order chi connectivity index (χ1) is 5.12. The van der Waals surface area contributed by atoms with Crippen molar-refractivity contribution in [1.82, 2.24) is 0 Å². The molecule has 0 N–H and O–H groups in total. The lowest BCUT2D eigenvalue weighted by molar-refractivity contribution is 0.284. The van der Waals surface area contributed by atoms with Crippen molar-refractivity contribution < 1.29 is 0 Å². The maximum Gasteiger partial charge on any atom is -0.0144 e. The van der Waals surface area contributed by atoms with Crippen molar-refractivity contribution in [2.75, 3.05) is 0 Å². The van der Waals surface area contributed by atoms with E-state index in [1.54, 1.807) is 0 Å². The van der Waals surface area contributed by atoms with Crippen LogP contribution in [0.2, 0.25) is 0 Å². The van der Waals surface area contributed by atoms with E-state index in [4.69, 9.17) is 0 Å². The van der Waals surface area contributed by atoms with Crippen LogP contribution in [-0.2, 0) is 0 Å². The molecular weight excluding hydrogens is 132 g/mol. The summed E-state index contributed by atoms with van der Waals surface area (Å²) in [6.07, 6.45) is 9.58. The van der Waals surface area contributed by atoms with Gasteiger partial charge in [-0.3, -0.25) is 0 Å². The van der Waals surface area contributed by atoms with Crippen LogP contribution in [0, 0.1) is 5.41 Å². The van der Waals surface area contributed by atoms with Gasteiger partial charge in [0.25, 0.3) is 0 Å². The minimum atomic E-state index is 0.539. The van der Waals surface area contributed by atoms with E-state index in [-0.39, 0.29) is 0 Å². The van der Waals surface area contributed by atoms with Crippen LogP contribution in [0.25, 0.3) is 0 Å². The molecule has 1 aliphatic rings. The Hall–Kier alpha value is -0.260. The quantitative estimate of drug-likeness (QED) is 0.499. The van der Waals surface area contributed by atoms with E-state index in [0.29, 0.717) is 5.41 Å². The van der Waals surface area contributed by atoms with Crippen LogP contribution in [0.3, 0.4) is 0 Å². The molecule has 0 amide bonds. The largest absolute Gasteiger partial charge is 0.0799 e. The molecule has 0 aliphatic heterocycles. The van der Waals surface area contributed by atoms with Gasteiger partial charge in [0.15, 0.2) is 0 Å². The zero-order valence-electron chi connectivity index (χ0n) is 8.11. The van der Waals surface area contributed by atoms with Crippen molar-refractivity contribution in [2.24, 2.45) is 5.41 Å². The second-order valence-corrected chi connectivity index (χ2v) is 4.44. The molecule has 0 aromatic rings. The zero-order chi connectivity index (χ0) is 8.32. The van der Waals surface area contributed by atoms with Crippen LogP contribution in [0.5, 0.6) is 0 Å². The lowest BCUT2D eigenvalue weighted by Gasteiger charge is -2.30. The van der Waals surface area contributed by atoms with Crippen LogP contribution >= 0.6 is 0 Å². The molecular formula is C11H20. The number of allylic oxidation sites excluding steroid dienone is 2. The van der Waals surface area contributed by atoms with Gasteiger partial charge in [0.1, 0.15) is 0 Å². The van der Waals surface area contributed by atoms with Crippen LogP contribution in [-0.4, -0.2) is 0 Å². The summed E-state index contributed by atoms with van der Waals surface area (Å²) < 4.78 is 0. The molecule has 0 bridgehead atoms. The van der Waals surface area contributed by atoms with Gasteiger partial charge in [0.05, 0.1) is 0 Å². The predicted octanol–water partition coefficient (Wildman–Crippen LogP) is 3.92. The summed E-state index contributed by atoms with van der Waals surface area (Å²) in [7, 11) is 0. The third kappa shape index (κ3) is 2.69. The summed E-state index contributed by atoms with van der Waals surface area (Å²) >= 11 is 0. The van der Waals surface area contributed by atoms with Gasteiger partial charge in [-0.05, 0) is 32.1 Å². The fourth-order valence-electron chi connectivity index (χ4n) is 2.20. The van der Waals surface area contributed by atoms with Gasteiger partial charge in [0.2, 0.25) is 0 Å². The van der Waals surface area contributed by atoms with E-state index in [9.17, 15) is 0 Å². The van der Waals surface area contributed by atoms with Gasteiger partial charge < -0.3 is 0 Å². The van der Waals surface area contributed by atoms with Crippen molar-refractivity contribution in [3.8, 4) is 0 Å². The van der Waals surface area contributed by atoms with Gasteiger partial charge in [-0.1, -0.05) is 37.8 Å². The smallest absolute Gasteiger partial charge is 0.0144 e. The molecule has 0 nitrogen and oxygen atoms in total. The SMILES string of the molecule is CC(C)=CC1(C)CCCCC1. The second-order valence-electron chi connectivity index (χ2n) is 4.44. The maximum absolute atomic E-state index is 2.46. The predicted molar refractivity (Wildman–Crippen MR) is 50.6 cm³/mol. The summed E-state index contributed by atoms with van der Waals surface area (Å²) in [5.74, 6) is 0. The average Bonchev–Trinajstić information content (AvgIpc) is 1.85. The molecule has 0 aromatic carbocycles. The molecule has 0 heterocycles. The molecule has 0 radical (unpaired) electrons. The maximum atomic E-state index is 2.46. The Morgan fingerprint density at radius 2 is 1.64 bits per heavy atom. The molecule has 0 aromatic heterocycles. The van der Waals surface area contributed by atoms with Crippen LogP contribution < -0.4 is 0 Å². The van der Waals surface area contributed by atoms with Gasteiger partial charge >= 0.3 is 0 Å². The normalized spacial score (nSPS) is 22.8. The van der Waals surface area contributed by atoms with Crippen molar-refractivity contribution in [3.63, 3.8) is 0 Å². The summed E-state index contributed by atoms with van der Waals surface area (Å²) in [6, 6.07) is 0. The van der Waals surface area contributed by atoms with Gasteiger partial charge in [-0.15, -0.1) is 0 Å². The van der Waals surface area contributed by atoms with Crippen molar-refractivity contribution in [1.29, 1.82) is 0 Å². The number of rotatable bonds is 1. The van der Waals surface area contributed by atoms with Crippen LogP contribution in [0.15, 0.2) is 11.6 Å². The Morgan fingerprint density at radius 1 is 1.09 bits per heavy atom. The molecule has 1 aliphatic carbocycles. The number of hydrogen-bond acceptors (Lipinski definition) is 0. The Bertz CT molecular complexity index is 143. The Kier molecular flexibility index (Phi) is 2.75. The summed E-state index contributed by atoms with van der Waals surface area (Å²) in [4.78, 5) is 0. The number of hydrogen-bond donors (Lipinski definition) is 0. The third-order valence-corrected chi connectivity index (χ3v) is 2.63. The molecule has 1 rings (SSSR count). The standard InChI is InChI=1S/C11H20/c1-10(2)9-11(3)7-5-4-6-8-11/h9H,4-8H2,1-3H3. The van der Waals surface area contributed by atoms with Crippen LogP contribution in [0.1, 0.15) is 52.9 Å². The lowest BCUT2D eigenvalue weighted by Crippen LogP contribution is -2.17. The fraction of sp³-hybridized carbons (Fsp3) is 0.818. The molecule has 11 heavy (non-hydrogen) atoms. The minimum Gasteiger partial charge on any atom is -0.0799 e. The van der Waals surface area contributed by atoms with E-state index >= 15 is 0 Å². The van der Waals surface area contributed by atoms with Crippen molar-refractivity contribution in [3.05, 3.63) is 11.6 Å². The highest BCUT2D eigenvalue weighted by Crippen LogP contribution is 2.37. The van der Waals surface area contributed by atoms with Gasteiger partial charge in [-0.2, -0.15) is 0 Å². The molecule has 0 heteroatoms. The topological polar surface area (TPSA) is 0 Å². The highest BCUT2D eigenvalue weighted by Gasteiger charge is 2.23. The van der Waals surface area contributed by atoms with Crippen LogP contribution in [0.4, 0.5) is 0 Å². The molecule has 1 saturated carbocycles. The Balaban J connectivity index is 2.57. The average molecular weight is 152 g/mol. The fourth-order valence-corrected chi connectivity index (χ4v) is 2.20. The molecule has 0 spiro atoms. The summed E-state index contributed by atoms with van der Waals surface area (Å²) in [6.45, 7) is 6.82. The third-order valence-electron chi connectivity index (χ3n) is 2.63. The zero-order valence-corrected chi connectivity index (χ0v) is 8.11. The Morgan fingerprint density at radius 3 is 2.09 bits per heavy atom. The van der Waals surface area contributed by atoms with E-state index in [1.165, 1.54) is 37.7 Å². The van der Waals surface area contributed by atoms with E-state index in [2.05, 4.69) is 26.8 Å². The molecule has 0 unspecified atom stereocenters. The minimum absolute atomic E-state index is 0.539. The molecule has 0 atom stereocenters. The molecule has 0 saturated heterocycles. The van der Waals surface area contributed by atoms with E-state index in [0.717, 1.165) is 0 Å². The lowest BCUT2D eigenvalue weighted by atomic mass is 9.75. The van der Waals surface area contributed by atoms with Gasteiger partial charge in [-0.25, -0.2) is 0 Å². The summed E-state index contributed by atoms with van der Waals surface area (Å²) in [5, 5.41) is 0. The highest BCUT2D eigenvalue weighted by molar-refractivity contribution is 5.04. The van der Waals surface area contributed by atoms with E-state index in [1.807, 2.05) is 0 Å². The first-order valence-electron chi connectivity index (χ1n) is 4.78. The molecule has 64 valence electrons. The van der Waals surface area contributed by atoms with Crippen molar-refractivity contribution >= 4 is 0 Å². The summed E-state index contributed by atoms with van der Waals surface area (Å²) in [5.41, 5.74) is 2.02. The first-order valence-corrected chi connectivity index (χ1v) is 4.78. The van der Waals surface area contributed by atoms with E-state index < -0.39 is 0 Å².